The van der Waals surface area contributed by atoms with Crippen LogP contribution >= 0.6 is 11.3 Å². The van der Waals surface area contributed by atoms with Gasteiger partial charge in [-0.1, -0.05) is 6.92 Å². The number of hydrogen-bond donors (Lipinski definition) is 1. The Morgan fingerprint density at radius 1 is 1.64 bits per heavy atom. The summed E-state index contributed by atoms with van der Waals surface area (Å²) in [4.78, 5) is 5.70. The number of rotatable bonds is 0. The summed E-state index contributed by atoms with van der Waals surface area (Å²) in [5, 5.41) is 0.740. The third kappa shape index (κ3) is 1.25. The van der Waals surface area contributed by atoms with Crippen LogP contribution in [0.2, 0.25) is 0 Å². The quantitative estimate of drug-likeness (QED) is 0.642. The van der Waals surface area contributed by atoms with Crippen LogP contribution in [0, 0.1) is 5.92 Å². The lowest BCUT2D eigenvalue weighted by molar-refractivity contribution is 0.502. The smallest absolute Gasteiger partial charge is 0.180 e. The van der Waals surface area contributed by atoms with Crippen molar-refractivity contribution in [3.8, 4) is 0 Å². The average Bonchev–Trinajstić information content (AvgIpc) is 2.27. The molecule has 1 aromatic heterocycles. The van der Waals surface area contributed by atoms with Gasteiger partial charge in [0.05, 0.1) is 5.69 Å². The molecule has 11 heavy (non-hydrogen) atoms. The van der Waals surface area contributed by atoms with Crippen LogP contribution in [0.5, 0.6) is 0 Å². The van der Waals surface area contributed by atoms with Gasteiger partial charge in [-0.15, -0.1) is 11.3 Å². The normalized spacial score (nSPS) is 23.2. The van der Waals surface area contributed by atoms with Crippen LogP contribution < -0.4 is 5.73 Å². The van der Waals surface area contributed by atoms with E-state index in [1.807, 2.05) is 0 Å². The summed E-state index contributed by atoms with van der Waals surface area (Å²) >= 11 is 1.66. The minimum atomic E-state index is 0.740. The molecule has 1 atom stereocenters. The predicted molar refractivity (Wildman–Crippen MR) is 47.7 cm³/mol. The Hall–Kier alpha value is -0.570. The summed E-state index contributed by atoms with van der Waals surface area (Å²) in [6.07, 6.45) is 3.59. The van der Waals surface area contributed by atoms with Gasteiger partial charge < -0.3 is 5.73 Å². The molecule has 1 aliphatic rings. The molecule has 0 bridgehead atoms. The lowest BCUT2D eigenvalue weighted by Crippen LogP contribution is -2.09. The lowest BCUT2D eigenvalue weighted by Gasteiger charge is -2.15. The number of fused-ring (bicyclic) bond motifs is 1. The number of nitrogen functional groups attached to an aromatic ring is 1. The van der Waals surface area contributed by atoms with Crippen molar-refractivity contribution in [1.29, 1.82) is 0 Å². The first-order valence-corrected chi connectivity index (χ1v) is 4.81. The van der Waals surface area contributed by atoms with Crippen molar-refractivity contribution in [1.82, 2.24) is 4.98 Å². The molecule has 0 radical (unpaired) electrons. The van der Waals surface area contributed by atoms with E-state index in [2.05, 4.69) is 11.9 Å². The highest BCUT2D eigenvalue weighted by Gasteiger charge is 2.18. The summed E-state index contributed by atoms with van der Waals surface area (Å²) in [5.74, 6) is 0.822. The number of thiazole rings is 1. The zero-order valence-electron chi connectivity index (χ0n) is 6.63. The van der Waals surface area contributed by atoms with Gasteiger partial charge in [0.2, 0.25) is 0 Å². The van der Waals surface area contributed by atoms with Crippen molar-refractivity contribution >= 4 is 16.5 Å². The van der Waals surface area contributed by atoms with E-state index in [0.29, 0.717) is 0 Å². The standard InChI is InChI=1S/C8H12N2S/c1-5-2-3-6-7(4-5)11-8(9)10-6/h5H,2-4H2,1H3,(H2,9,10)/t5-/m0/s1. The summed E-state index contributed by atoms with van der Waals surface area (Å²) in [6.45, 7) is 2.29. The van der Waals surface area contributed by atoms with Gasteiger partial charge in [0, 0.05) is 4.88 Å². The summed E-state index contributed by atoms with van der Waals surface area (Å²) in [7, 11) is 0. The molecule has 60 valence electrons. The van der Waals surface area contributed by atoms with E-state index in [1.165, 1.54) is 23.4 Å². The van der Waals surface area contributed by atoms with Gasteiger partial charge in [-0.3, -0.25) is 0 Å². The molecule has 0 saturated heterocycles. The van der Waals surface area contributed by atoms with Crippen LogP contribution in [0.4, 0.5) is 5.13 Å². The predicted octanol–water partition coefficient (Wildman–Crippen LogP) is 1.85. The molecule has 2 nitrogen and oxygen atoms in total. The number of aryl methyl sites for hydroxylation is 1. The fourth-order valence-electron chi connectivity index (χ4n) is 1.56. The van der Waals surface area contributed by atoms with Crippen molar-refractivity contribution < 1.29 is 0 Å². The largest absolute Gasteiger partial charge is 0.375 e. The first kappa shape index (κ1) is 7.10. The maximum absolute atomic E-state index is 5.61. The second kappa shape index (κ2) is 2.48. The highest BCUT2D eigenvalue weighted by atomic mass is 32.1. The van der Waals surface area contributed by atoms with Gasteiger partial charge in [0.1, 0.15) is 0 Å². The van der Waals surface area contributed by atoms with Crippen LogP contribution in [-0.4, -0.2) is 4.98 Å². The van der Waals surface area contributed by atoms with Crippen molar-refractivity contribution in [2.45, 2.75) is 26.2 Å². The van der Waals surface area contributed by atoms with E-state index >= 15 is 0 Å². The minimum absolute atomic E-state index is 0.740. The topological polar surface area (TPSA) is 38.9 Å². The second-order valence-electron chi connectivity index (χ2n) is 3.27. The highest BCUT2D eigenvalue weighted by molar-refractivity contribution is 7.15. The zero-order chi connectivity index (χ0) is 7.84. The number of nitrogens with zero attached hydrogens (tertiary/aromatic N) is 1. The Morgan fingerprint density at radius 3 is 3.27 bits per heavy atom. The molecule has 0 spiro atoms. The molecule has 1 aliphatic carbocycles. The van der Waals surface area contributed by atoms with Crippen molar-refractivity contribution in [2.75, 3.05) is 5.73 Å². The average molecular weight is 168 g/mol. The van der Waals surface area contributed by atoms with Gasteiger partial charge in [-0.05, 0) is 25.2 Å². The zero-order valence-corrected chi connectivity index (χ0v) is 7.45. The fourth-order valence-corrected chi connectivity index (χ4v) is 2.60. The van der Waals surface area contributed by atoms with Crippen LogP contribution in [0.25, 0.3) is 0 Å². The molecule has 0 saturated carbocycles. The summed E-state index contributed by atoms with van der Waals surface area (Å²) in [6, 6.07) is 0. The second-order valence-corrected chi connectivity index (χ2v) is 4.39. The van der Waals surface area contributed by atoms with Crippen molar-refractivity contribution in [3.05, 3.63) is 10.6 Å². The Morgan fingerprint density at radius 2 is 2.45 bits per heavy atom. The third-order valence-electron chi connectivity index (χ3n) is 2.20. The van der Waals surface area contributed by atoms with E-state index in [1.54, 1.807) is 11.3 Å². The number of hydrogen-bond acceptors (Lipinski definition) is 3. The molecular formula is C8H12N2S. The number of anilines is 1. The molecule has 0 aliphatic heterocycles. The first-order chi connectivity index (χ1) is 5.25. The van der Waals surface area contributed by atoms with Crippen molar-refractivity contribution in [2.24, 2.45) is 5.92 Å². The number of nitrogens with two attached hydrogens (primary N) is 1. The van der Waals surface area contributed by atoms with Crippen LogP contribution in [-0.2, 0) is 12.8 Å². The van der Waals surface area contributed by atoms with Gasteiger partial charge in [-0.25, -0.2) is 4.98 Å². The van der Waals surface area contributed by atoms with Gasteiger partial charge in [0.15, 0.2) is 5.13 Å². The Bertz CT molecular complexity index is 267. The van der Waals surface area contributed by atoms with E-state index in [0.717, 1.165) is 17.5 Å². The molecular weight excluding hydrogens is 156 g/mol. The monoisotopic (exact) mass is 168 g/mol. The van der Waals surface area contributed by atoms with Crippen LogP contribution in [0.1, 0.15) is 23.9 Å². The Balaban J connectivity index is 2.34. The SMILES string of the molecule is C[C@H]1CCc2nc(N)sc2C1. The molecule has 0 unspecified atom stereocenters. The van der Waals surface area contributed by atoms with E-state index in [4.69, 9.17) is 5.73 Å². The molecule has 1 heterocycles. The van der Waals surface area contributed by atoms with Gasteiger partial charge in [0.25, 0.3) is 0 Å². The van der Waals surface area contributed by atoms with E-state index < -0.39 is 0 Å². The minimum Gasteiger partial charge on any atom is -0.375 e. The third-order valence-corrected chi connectivity index (χ3v) is 3.15. The summed E-state index contributed by atoms with van der Waals surface area (Å²) < 4.78 is 0. The number of aromatic nitrogens is 1. The molecule has 2 rings (SSSR count). The summed E-state index contributed by atoms with van der Waals surface area (Å²) in [5.41, 5.74) is 6.87. The van der Waals surface area contributed by atoms with Gasteiger partial charge >= 0.3 is 0 Å². The molecule has 0 aromatic carbocycles. The molecule has 0 fully saturated rings. The van der Waals surface area contributed by atoms with E-state index in [9.17, 15) is 0 Å². The van der Waals surface area contributed by atoms with E-state index in [-0.39, 0.29) is 0 Å². The fraction of sp³-hybridized carbons (Fsp3) is 0.625. The van der Waals surface area contributed by atoms with Crippen LogP contribution in [0.3, 0.4) is 0 Å². The maximum atomic E-state index is 5.61. The maximum Gasteiger partial charge on any atom is 0.180 e. The van der Waals surface area contributed by atoms with Crippen molar-refractivity contribution in [3.63, 3.8) is 0 Å². The Kier molecular flexibility index (Phi) is 1.60. The molecule has 1 aromatic rings. The van der Waals surface area contributed by atoms with Crippen LogP contribution in [0.15, 0.2) is 0 Å². The highest BCUT2D eigenvalue weighted by Crippen LogP contribution is 2.30. The molecule has 2 N–H and O–H groups in total. The molecule has 0 amide bonds. The molecule has 3 heteroatoms. The van der Waals surface area contributed by atoms with Gasteiger partial charge in [-0.2, -0.15) is 0 Å². The Labute approximate surface area is 70.5 Å². The first-order valence-electron chi connectivity index (χ1n) is 4.00. The lowest BCUT2D eigenvalue weighted by atomic mass is 9.93.